The Balaban J connectivity index is 1.92. The summed E-state index contributed by atoms with van der Waals surface area (Å²) in [4.78, 5) is 28.7. The maximum absolute atomic E-state index is 13.6. The third-order valence-corrected chi connectivity index (χ3v) is 6.78. The standard InChI is InChI=1S/C28H29BrCl2N2O3/c1-3-19(2)32-28(35)25(15-20-8-5-4-6-9-20)33(17-21-10-7-11-23(30)14-21)27(34)18-36-26-13-12-22(29)16-24(26)31/h4-14,16,19,25H,3,15,17-18H2,1-2H3,(H,32,35)/t19-,25+/m1/s1. The summed E-state index contributed by atoms with van der Waals surface area (Å²) >= 11 is 15.9. The molecule has 0 fully saturated rings. The molecule has 0 radical (unpaired) electrons. The first-order valence-electron chi connectivity index (χ1n) is 11.7. The molecule has 8 heteroatoms. The number of nitrogens with zero attached hydrogens (tertiary/aromatic N) is 1. The zero-order chi connectivity index (χ0) is 26.1. The maximum atomic E-state index is 13.6. The minimum atomic E-state index is -0.753. The van der Waals surface area contributed by atoms with E-state index in [9.17, 15) is 9.59 Å². The minimum Gasteiger partial charge on any atom is -0.482 e. The van der Waals surface area contributed by atoms with E-state index >= 15 is 0 Å². The summed E-state index contributed by atoms with van der Waals surface area (Å²) in [6.07, 6.45) is 1.13. The van der Waals surface area contributed by atoms with Crippen molar-refractivity contribution in [3.63, 3.8) is 0 Å². The first kappa shape index (κ1) is 28.0. The lowest BCUT2D eigenvalue weighted by molar-refractivity contribution is -0.143. The fraction of sp³-hybridized carbons (Fsp3) is 0.286. The van der Waals surface area contributed by atoms with Crippen molar-refractivity contribution >= 4 is 50.9 Å². The second kappa shape index (κ2) is 13.7. The van der Waals surface area contributed by atoms with Crippen molar-refractivity contribution in [1.29, 1.82) is 0 Å². The van der Waals surface area contributed by atoms with Crippen LogP contribution in [0.3, 0.4) is 0 Å². The van der Waals surface area contributed by atoms with Crippen LogP contribution in [0.4, 0.5) is 0 Å². The van der Waals surface area contributed by atoms with E-state index in [4.69, 9.17) is 27.9 Å². The van der Waals surface area contributed by atoms with Gasteiger partial charge < -0.3 is 15.0 Å². The molecule has 5 nitrogen and oxygen atoms in total. The normalized spacial score (nSPS) is 12.5. The van der Waals surface area contributed by atoms with Gasteiger partial charge >= 0.3 is 0 Å². The molecular weight excluding hydrogens is 563 g/mol. The van der Waals surface area contributed by atoms with Crippen LogP contribution >= 0.6 is 39.1 Å². The largest absolute Gasteiger partial charge is 0.482 e. The summed E-state index contributed by atoms with van der Waals surface area (Å²) in [6, 6.07) is 21.3. The first-order chi connectivity index (χ1) is 17.3. The van der Waals surface area contributed by atoms with Gasteiger partial charge in [0.25, 0.3) is 5.91 Å². The van der Waals surface area contributed by atoms with Gasteiger partial charge in [0, 0.05) is 28.5 Å². The number of nitrogens with one attached hydrogen (secondary N) is 1. The van der Waals surface area contributed by atoms with Crippen molar-refractivity contribution < 1.29 is 14.3 Å². The molecule has 3 aromatic carbocycles. The van der Waals surface area contributed by atoms with Crippen molar-refractivity contribution in [2.75, 3.05) is 6.61 Å². The van der Waals surface area contributed by atoms with Gasteiger partial charge in [0.15, 0.2) is 6.61 Å². The van der Waals surface area contributed by atoms with E-state index in [1.165, 1.54) is 0 Å². The highest BCUT2D eigenvalue weighted by molar-refractivity contribution is 9.10. The Bertz CT molecular complexity index is 1180. The fourth-order valence-corrected chi connectivity index (χ4v) is 4.58. The number of rotatable bonds is 11. The summed E-state index contributed by atoms with van der Waals surface area (Å²) in [5.41, 5.74) is 1.76. The number of ether oxygens (including phenoxy) is 1. The Hall–Kier alpha value is -2.54. The van der Waals surface area contributed by atoms with Gasteiger partial charge in [-0.05, 0) is 54.8 Å². The predicted octanol–water partition coefficient (Wildman–Crippen LogP) is 6.69. The molecule has 0 bridgehead atoms. The van der Waals surface area contributed by atoms with Crippen LogP contribution in [0, 0.1) is 0 Å². The number of amides is 2. The lowest BCUT2D eigenvalue weighted by Gasteiger charge is -2.32. The van der Waals surface area contributed by atoms with E-state index in [2.05, 4.69) is 21.2 Å². The van der Waals surface area contributed by atoms with Gasteiger partial charge in [-0.25, -0.2) is 0 Å². The van der Waals surface area contributed by atoms with Crippen molar-refractivity contribution in [3.05, 3.63) is 98.4 Å². The monoisotopic (exact) mass is 590 g/mol. The molecule has 0 unspecified atom stereocenters. The second-order valence-corrected chi connectivity index (χ2v) is 10.3. The third-order valence-electron chi connectivity index (χ3n) is 5.76. The van der Waals surface area contributed by atoms with Crippen LogP contribution in [0.25, 0.3) is 0 Å². The number of benzene rings is 3. The molecule has 0 heterocycles. The van der Waals surface area contributed by atoms with Crippen LogP contribution in [0.1, 0.15) is 31.4 Å². The van der Waals surface area contributed by atoms with Gasteiger partial charge in [-0.3, -0.25) is 9.59 Å². The summed E-state index contributed by atoms with van der Waals surface area (Å²) in [5.74, 6) is -0.168. The Morgan fingerprint density at radius 2 is 1.72 bits per heavy atom. The van der Waals surface area contributed by atoms with E-state index in [1.807, 2.05) is 56.3 Å². The predicted molar refractivity (Wildman–Crippen MR) is 148 cm³/mol. The highest BCUT2D eigenvalue weighted by Crippen LogP contribution is 2.28. The first-order valence-corrected chi connectivity index (χ1v) is 13.3. The number of carbonyl (C=O) groups excluding carboxylic acids is 2. The molecule has 0 aliphatic carbocycles. The van der Waals surface area contributed by atoms with E-state index in [0.29, 0.717) is 22.2 Å². The van der Waals surface area contributed by atoms with Crippen molar-refractivity contribution in [1.82, 2.24) is 10.2 Å². The number of hydrogen-bond acceptors (Lipinski definition) is 3. The molecule has 0 spiro atoms. The highest BCUT2D eigenvalue weighted by atomic mass is 79.9. The summed E-state index contributed by atoms with van der Waals surface area (Å²) in [7, 11) is 0. The van der Waals surface area contributed by atoms with E-state index < -0.39 is 6.04 Å². The van der Waals surface area contributed by atoms with E-state index in [0.717, 1.165) is 22.0 Å². The van der Waals surface area contributed by atoms with Crippen molar-refractivity contribution in [2.24, 2.45) is 0 Å². The van der Waals surface area contributed by atoms with Crippen LogP contribution in [-0.2, 0) is 22.6 Å². The molecule has 3 rings (SSSR count). The van der Waals surface area contributed by atoms with Crippen LogP contribution in [0.5, 0.6) is 5.75 Å². The van der Waals surface area contributed by atoms with Gasteiger partial charge in [0.05, 0.1) is 5.02 Å². The second-order valence-electron chi connectivity index (χ2n) is 8.54. The number of carbonyl (C=O) groups is 2. The molecular formula is C28H29BrCl2N2O3. The van der Waals surface area contributed by atoms with E-state index in [-0.39, 0.29) is 31.0 Å². The summed E-state index contributed by atoms with van der Waals surface area (Å²) in [5, 5.41) is 3.99. The molecule has 3 aromatic rings. The summed E-state index contributed by atoms with van der Waals surface area (Å²) < 4.78 is 6.58. The smallest absolute Gasteiger partial charge is 0.261 e. The van der Waals surface area contributed by atoms with Crippen LogP contribution < -0.4 is 10.1 Å². The van der Waals surface area contributed by atoms with Crippen molar-refractivity contribution in [2.45, 2.75) is 45.3 Å². The van der Waals surface area contributed by atoms with Gasteiger partial charge in [-0.2, -0.15) is 0 Å². The lowest BCUT2D eigenvalue weighted by atomic mass is 10.0. The number of hydrogen-bond donors (Lipinski definition) is 1. The lowest BCUT2D eigenvalue weighted by Crippen LogP contribution is -2.53. The van der Waals surface area contributed by atoms with E-state index in [1.54, 1.807) is 35.2 Å². The molecule has 0 aromatic heterocycles. The van der Waals surface area contributed by atoms with Crippen LogP contribution in [0.2, 0.25) is 10.0 Å². The molecule has 1 N–H and O–H groups in total. The fourth-order valence-electron chi connectivity index (χ4n) is 3.64. The Labute approximate surface area is 230 Å². The van der Waals surface area contributed by atoms with Crippen LogP contribution in [-0.4, -0.2) is 35.4 Å². The Morgan fingerprint density at radius 1 is 1.00 bits per heavy atom. The zero-order valence-electron chi connectivity index (χ0n) is 20.2. The molecule has 190 valence electrons. The SMILES string of the molecule is CC[C@@H](C)NC(=O)[C@H](Cc1ccccc1)N(Cc1cccc(Cl)c1)C(=O)COc1ccc(Br)cc1Cl. The average molecular weight is 592 g/mol. The quantitative estimate of drug-likeness (QED) is 0.270. The molecule has 0 saturated heterocycles. The molecule has 2 amide bonds. The molecule has 2 atom stereocenters. The number of halogens is 3. The summed E-state index contributed by atoms with van der Waals surface area (Å²) in [6.45, 7) is 3.87. The van der Waals surface area contributed by atoms with Gasteiger partial charge in [0.1, 0.15) is 11.8 Å². The topological polar surface area (TPSA) is 58.6 Å². The average Bonchev–Trinajstić information content (AvgIpc) is 2.86. The van der Waals surface area contributed by atoms with Gasteiger partial charge in [-0.1, -0.05) is 88.5 Å². The van der Waals surface area contributed by atoms with Crippen molar-refractivity contribution in [3.8, 4) is 5.75 Å². The maximum Gasteiger partial charge on any atom is 0.261 e. The third kappa shape index (κ3) is 8.26. The minimum absolute atomic E-state index is 0.0308. The zero-order valence-corrected chi connectivity index (χ0v) is 23.3. The molecule has 0 aliphatic heterocycles. The van der Waals surface area contributed by atoms with Gasteiger partial charge in [0.2, 0.25) is 5.91 Å². The Kier molecular flexibility index (Phi) is 10.7. The molecule has 36 heavy (non-hydrogen) atoms. The highest BCUT2D eigenvalue weighted by Gasteiger charge is 2.31. The van der Waals surface area contributed by atoms with Crippen LogP contribution in [0.15, 0.2) is 77.3 Å². The molecule has 0 aliphatic rings. The Morgan fingerprint density at radius 3 is 2.39 bits per heavy atom. The van der Waals surface area contributed by atoms with Gasteiger partial charge in [-0.15, -0.1) is 0 Å². The molecule has 0 saturated carbocycles.